The van der Waals surface area contributed by atoms with E-state index in [1.54, 1.807) is 6.08 Å². The largest absolute Gasteiger partial charge is 0.756 e. The van der Waals surface area contributed by atoms with E-state index in [4.69, 9.17) is 9.05 Å². The van der Waals surface area contributed by atoms with Crippen LogP contribution in [0, 0.1) is 0 Å². The molecule has 0 heterocycles. The van der Waals surface area contributed by atoms with E-state index < -0.39 is 26.6 Å². The van der Waals surface area contributed by atoms with Crippen LogP contribution in [0.4, 0.5) is 0 Å². The molecule has 0 fully saturated rings. The number of nitrogens with one attached hydrogen (secondary N) is 1. The standard InChI is InChI=1S/C50H83N2O6P/c1-6-8-10-12-14-16-18-20-22-23-24-25-26-27-28-29-30-32-34-36-38-40-42-44-50(54)51-48(47-58-59(55,56)57-46-45-52(3,4)5)49(53)43-41-39-37-35-33-31-21-19-17-15-13-11-9-7-2/h8,10,14,16-17,19-20,22,24-25,27-28,30,32-33,35-36,38,41,43,48-49,53H,6-7,9,11-13,15,18,21,23,26,29,31,34,37,39-40,42,44-47H2,1-5H3,(H-,51,54,55,56)/b10-8-,16-14-,19-17+,22-20-,25-24-,28-27-,32-30-,35-33+,38-36-,43-41+. The van der Waals surface area contributed by atoms with Gasteiger partial charge in [-0.05, 0) is 96.3 Å². The number of hydrogen-bond donors (Lipinski definition) is 2. The quantitative estimate of drug-likeness (QED) is 0.0277. The van der Waals surface area contributed by atoms with Crippen LogP contribution in [-0.2, 0) is 18.4 Å². The fraction of sp³-hybridized carbons (Fsp3) is 0.580. The van der Waals surface area contributed by atoms with Gasteiger partial charge in [-0.25, -0.2) is 0 Å². The summed E-state index contributed by atoms with van der Waals surface area (Å²) in [5, 5.41) is 13.7. The van der Waals surface area contributed by atoms with Gasteiger partial charge in [-0.3, -0.25) is 9.36 Å². The van der Waals surface area contributed by atoms with Crippen LogP contribution in [0.15, 0.2) is 122 Å². The Labute approximate surface area is 361 Å². The molecule has 0 radical (unpaired) electrons. The Kier molecular flexibility index (Phi) is 38.2. The average Bonchev–Trinajstić information content (AvgIpc) is 3.19. The highest BCUT2D eigenvalue weighted by atomic mass is 31.2. The molecule has 0 bridgehead atoms. The van der Waals surface area contributed by atoms with E-state index >= 15 is 0 Å². The van der Waals surface area contributed by atoms with E-state index in [0.29, 0.717) is 23.9 Å². The first kappa shape index (κ1) is 55.9. The van der Waals surface area contributed by atoms with Crippen molar-refractivity contribution in [3.05, 3.63) is 122 Å². The van der Waals surface area contributed by atoms with E-state index in [1.165, 1.54) is 25.7 Å². The zero-order chi connectivity index (χ0) is 43.6. The number of carbonyl (C=O) groups is 1. The van der Waals surface area contributed by atoms with Gasteiger partial charge in [0.25, 0.3) is 7.82 Å². The molecule has 1 amide bonds. The Hall–Kier alpha value is -3.10. The molecular weight excluding hydrogens is 756 g/mol. The molecule has 3 atom stereocenters. The van der Waals surface area contributed by atoms with Crippen molar-refractivity contribution in [3.8, 4) is 0 Å². The van der Waals surface area contributed by atoms with E-state index in [-0.39, 0.29) is 18.9 Å². The lowest BCUT2D eigenvalue weighted by Gasteiger charge is -2.29. The molecule has 0 saturated heterocycles. The second-order valence-corrected chi connectivity index (χ2v) is 17.1. The van der Waals surface area contributed by atoms with E-state index in [2.05, 4.69) is 129 Å². The first-order valence-electron chi connectivity index (χ1n) is 22.4. The monoisotopic (exact) mass is 839 g/mol. The number of unbranched alkanes of at least 4 members (excludes halogenated alkanes) is 7. The predicted octanol–water partition coefficient (Wildman–Crippen LogP) is 12.1. The maximum atomic E-state index is 12.8. The lowest BCUT2D eigenvalue weighted by atomic mass is 10.1. The molecule has 0 aliphatic carbocycles. The minimum atomic E-state index is -4.62. The van der Waals surface area contributed by atoms with Gasteiger partial charge in [0.1, 0.15) is 13.2 Å². The molecule has 0 saturated carbocycles. The molecular formula is C50H83N2O6P. The number of amides is 1. The summed E-state index contributed by atoms with van der Waals surface area (Å²) in [5.41, 5.74) is 0. The lowest BCUT2D eigenvalue weighted by Crippen LogP contribution is -2.45. The van der Waals surface area contributed by atoms with Crippen molar-refractivity contribution in [3.63, 3.8) is 0 Å². The zero-order valence-electron chi connectivity index (χ0n) is 37.6. The van der Waals surface area contributed by atoms with Crippen LogP contribution in [0.25, 0.3) is 0 Å². The molecule has 0 aromatic carbocycles. The van der Waals surface area contributed by atoms with Crippen molar-refractivity contribution < 1.29 is 32.9 Å². The molecule has 0 aromatic rings. The minimum Gasteiger partial charge on any atom is -0.756 e. The summed E-state index contributed by atoms with van der Waals surface area (Å²) in [7, 11) is 1.17. The van der Waals surface area contributed by atoms with Gasteiger partial charge in [-0.15, -0.1) is 0 Å². The Morgan fingerprint density at radius 2 is 1.05 bits per heavy atom. The van der Waals surface area contributed by atoms with E-state index in [1.807, 2.05) is 27.2 Å². The van der Waals surface area contributed by atoms with Gasteiger partial charge in [0.15, 0.2) is 0 Å². The number of allylic oxidation sites excluding steroid dienone is 19. The van der Waals surface area contributed by atoms with Crippen molar-refractivity contribution in [2.24, 2.45) is 0 Å². The van der Waals surface area contributed by atoms with Crippen LogP contribution in [0.2, 0.25) is 0 Å². The van der Waals surface area contributed by atoms with Crippen LogP contribution in [0.5, 0.6) is 0 Å². The van der Waals surface area contributed by atoms with Crippen molar-refractivity contribution in [2.45, 2.75) is 148 Å². The first-order chi connectivity index (χ1) is 28.5. The molecule has 0 rings (SSSR count). The van der Waals surface area contributed by atoms with Crippen molar-refractivity contribution in [1.29, 1.82) is 0 Å². The fourth-order valence-electron chi connectivity index (χ4n) is 5.35. The number of hydrogen-bond acceptors (Lipinski definition) is 6. The van der Waals surface area contributed by atoms with Gasteiger partial charge >= 0.3 is 0 Å². The number of likely N-dealkylation sites (N-methyl/N-ethyl adjacent to an activating group) is 1. The molecule has 3 unspecified atom stereocenters. The topological polar surface area (TPSA) is 108 Å². The molecule has 2 N–H and O–H groups in total. The second kappa shape index (κ2) is 40.3. The molecule has 0 spiro atoms. The lowest BCUT2D eigenvalue weighted by molar-refractivity contribution is -0.870. The minimum absolute atomic E-state index is 0.0276. The number of phosphoric ester groups is 1. The number of nitrogens with zero attached hydrogens (tertiary/aromatic N) is 1. The maximum absolute atomic E-state index is 12.8. The smallest absolute Gasteiger partial charge is 0.268 e. The number of quaternary nitrogens is 1. The Morgan fingerprint density at radius 3 is 1.54 bits per heavy atom. The Morgan fingerprint density at radius 1 is 0.610 bits per heavy atom. The zero-order valence-corrected chi connectivity index (χ0v) is 38.5. The van der Waals surface area contributed by atoms with Crippen LogP contribution < -0.4 is 10.2 Å². The Bertz CT molecular complexity index is 1370. The van der Waals surface area contributed by atoms with Crippen LogP contribution in [-0.4, -0.2) is 68.5 Å². The predicted molar refractivity (Wildman–Crippen MR) is 251 cm³/mol. The first-order valence-corrected chi connectivity index (χ1v) is 23.9. The molecule has 59 heavy (non-hydrogen) atoms. The summed E-state index contributed by atoms with van der Waals surface area (Å²) >= 11 is 0. The molecule has 0 aliphatic rings. The van der Waals surface area contributed by atoms with Gasteiger partial charge in [-0.2, -0.15) is 0 Å². The third-order valence-electron chi connectivity index (χ3n) is 8.88. The van der Waals surface area contributed by atoms with Gasteiger partial charge in [0, 0.05) is 6.42 Å². The third kappa shape index (κ3) is 42.8. The number of phosphoric acid groups is 1. The van der Waals surface area contributed by atoms with E-state index in [9.17, 15) is 19.4 Å². The molecule has 0 aliphatic heterocycles. The number of aliphatic hydroxyl groups is 1. The second-order valence-electron chi connectivity index (χ2n) is 15.6. The van der Waals surface area contributed by atoms with Crippen LogP contribution in [0.1, 0.15) is 136 Å². The van der Waals surface area contributed by atoms with Gasteiger partial charge in [0.2, 0.25) is 5.91 Å². The molecule has 9 heteroatoms. The summed E-state index contributed by atoms with van der Waals surface area (Å²) in [6.45, 7) is 4.39. The van der Waals surface area contributed by atoms with Crippen molar-refractivity contribution in [2.75, 3.05) is 40.9 Å². The fourth-order valence-corrected chi connectivity index (χ4v) is 6.07. The Balaban J connectivity index is 4.60. The van der Waals surface area contributed by atoms with Crippen LogP contribution >= 0.6 is 7.82 Å². The maximum Gasteiger partial charge on any atom is 0.268 e. The number of rotatable bonds is 38. The number of aliphatic hydroxyl groups excluding tert-OH is 1. The normalized spacial score (nSPS) is 15.4. The van der Waals surface area contributed by atoms with Crippen LogP contribution in [0.3, 0.4) is 0 Å². The summed E-state index contributed by atoms with van der Waals surface area (Å²) in [5.74, 6) is -0.277. The van der Waals surface area contributed by atoms with Gasteiger partial charge in [-0.1, -0.05) is 155 Å². The number of carbonyl (C=O) groups excluding carboxylic acids is 1. The SMILES string of the molecule is CC/C=C\C/C=C\C/C=C\C/C=C\C/C=C\C/C=C\C/C=C\CCCC(=O)NC(COP(=O)([O-])OCC[N+](C)(C)C)C(O)/C=C/CC/C=C/CC/C=C/CCCCCC. The average molecular weight is 839 g/mol. The van der Waals surface area contributed by atoms with Crippen molar-refractivity contribution >= 4 is 13.7 Å². The summed E-state index contributed by atoms with van der Waals surface area (Å²) < 4.78 is 23.1. The highest BCUT2D eigenvalue weighted by Gasteiger charge is 2.23. The molecule has 334 valence electrons. The molecule has 0 aromatic heterocycles. The summed E-state index contributed by atoms with van der Waals surface area (Å²) in [6.07, 6.45) is 59.7. The van der Waals surface area contributed by atoms with E-state index in [0.717, 1.165) is 77.0 Å². The van der Waals surface area contributed by atoms with Gasteiger partial charge < -0.3 is 28.8 Å². The molecule has 8 nitrogen and oxygen atoms in total. The van der Waals surface area contributed by atoms with Crippen molar-refractivity contribution in [1.82, 2.24) is 5.32 Å². The highest BCUT2D eigenvalue weighted by molar-refractivity contribution is 7.45. The third-order valence-corrected chi connectivity index (χ3v) is 9.85. The summed E-state index contributed by atoms with van der Waals surface area (Å²) in [4.78, 5) is 25.3. The highest BCUT2D eigenvalue weighted by Crippen LogP contribution is 2.38. The van der Waals surface area contributed by atoms with Gasteiger partial charge in [0.05, 0.1) is 39.9 Å². The summed E-state index contributed by atoms with van der Waals surface area (Å²) in [6, 6.07) is -0.948.